The molecule has 5 heteroatoms. The quantitative estimate of drug-likeness (QED) is 0.442. The Morgan fingerprint density at radius 3 is 2.57 bits per heavy atom. The third kappa shape index (κ3) is 3.06. The predicted octanol–water partition coefficient (Wildman–Crippen LogP) is 2.63. The zero-order valence-electron chi connectivity index (χ0n) is 14.8. The van der Waals surface area contributed by atoms with Crippen LogP contribution in [0.5, 0.6) is 0 Å². The summed E-state index contributed by atoms with van der Waals surface area (Å²) in [4.78, 5) is 11.4. The van der Waals surface area contributed by atoms with Crippen LogP contribution < -0.4 is 0 Å². The van der Waals surface area contributed by atoms with Gasteiger partial charge in [0.2, 0.25) is 0 Å². The zero-order valence-corrected chi connectivity index (χ0v) is 14.8. The van der Waals surface area contributed by atoms with Crippen molar-refractivity contribution < 1.29 is 23.7 Å². The first kappa shape index (κ1) is 16.9. The van der Waals surface area contributed by atoms with Gasteiger partial charge in [-0.15, -0.1) is 0 Å². The van der Waals surface area contributed by atoms with Gasteiger partial charge in [-0.1, -0.05) is 11.6 Å². The molecule has 0 aromatic rings. The van der Waals surface area contributed by atoms with Gasteiger partial charge in [0.25, 0.3) is 0 Å². The highest BCUT2D eigenvalue weighted by Gasteiger charge is 2.72. The van der Waals surface area contributed by atoms with Gasteiger partial charge in [0.1, 0.15) is 23.4 Å². The molecule has 0 bridgehead atoms. The topological polar surface area (TPSA) is 60.6 Å². The number of hydrogen-bond acceptors (Lipinski definition) is 5. The van der Waals surface area contributed by atoms with Crippen LogP contribution in [0.25, 0.3) is 0 Å². The Labute approximate surface area is 138 Å². The van der Waals surface area contributed by atoms with E-state index in [1.165, 1.54) is 12.5 Å². The van der Waals surface area contributed by atoms with Crippen LogP contribution in [0.3, 0.4) is 0 Å². The second-order valence-electron chi connectivity index (χ2n) is 7.53. The Bertz CT molecular complexity index is 506. The highest BCUT2D eigenvalue weighted by atomic mass is 16.6. The summed E-state index contributed by atoms with van der Waals surface area (Å²) in [5, 5.41) is 0. The molecule has 6 atom stereocenters. The molecule has 1 spiro atoms. The standard InChI is InChI=1S/C18H28O5/c1-11(2)6-7-14-17(4,23-14)16-15(20-5)13(22-12(3)19)8-9-18(16)10-21-18/h6,13-16H,7-10H2,1-5H3/t13-,14+,15-,16-,17?,18+/m1/s1. The molecule has 0 aromatic carbocycles. The fraction of sp³-hybridized carbons (Fsp3) is 0.833. The molecule has 3 aliphatic rings. The average molecular weight is 324 g/mol. The van der Waals surface area contributed by atoms with Gasteiger partial charge in [-0.3, -0.25) is 4.79 Å². The molecule has 23 heavy (non-hydrogen) atoms. The summed E-state index contributed by atoms with van der Waals surface area (Å²) < 4.78 is 23.3. The Morgan fingerprint density at radius 2 is 2.04 bits per heavy atom. The van der Waals surface area contributed by atoms with E-state index >= 15 is 0 Å². The van der Waals surface area contributed by atoms with Crippen molar-refractivity contribution in [3.05, 3.63) is 11.6 Å². The molecule has 0 N–H and O–H groups in total. The second-order valence-corrected chi connectivity index (χ2v) is 7.53. The van der Waals surface area contributed by atoms with Crippen molar-refractivity contribution in [2.45, 2.75) is 76.5 Å². The van der Waals surface area contributed by atoms with E-state index in [2.05, 4.69) is 26.8 Å². The van der Waals surface area contributed by atoms with Crippen molar-refractivity contribution in [2.75, 3.05) is 13.7 Å². The molecule has 3 fully saturated rings. The molecule has 3 rings (SSSR count). The van der Waals surface area contributed by atoms with E-state index in [4.69, 9.17) is 18.9 Å². The first-order chi connectivity index (χ1) is 10.8. The van der Waals surface area contributed by atoms with Crippen LogP contribution in [0.2, 0.25) is 0 Å². The minimum atomic E-state index is -0.276. The van der Waals surface area contributed by atoms with Crippen LogP contribution in [-0.2, 0) is 23.7 Å². The van der Waals surface area contributed by atoms with Crippen LogP contribution >= 0.6 is 0 Å². The fourth-order valence-electron chi connectivity index (χ4n) is 4.28. The maximum atomic E-state index is 11.4. The van der Waals surface area contributed by atoms with E-state index < -0.39 is 0 Å². The number of rotatable bonds is 5. The molecule has 2 saturated heterocycles. The number of carbonyl (C=O) groups excluding carboxylic acids is 1. The van der Waals surface area contributed by atoms with Crippen LogP contribution in [0, 0.1) is 5.92 Å². The molecule has 1 saturated carbocycles. The van der Waals surface area contributed by atoms with Gasteiger partial charge >= 0.3 is 5.97 Å². The summed E-state index contributed by atoms with van der Waals surface area (Å²) in [7, 11) is 1.69. The smallest absolute Gasteiger partial charge is 0.302 e. The third-order valence-corrected chi connectivity index (χ3v) is 5.55. The van der Waals surface area contributed by atoms with Crippen molar-refractivity contribution >= 4 is 5.97 Å². The number of allylic oxidation sites excluding steroid dienone is 1. The number of ether oxygens (including phenoxy) is 4. The van der Waals surface area contributed by atoms with Gasteiger partial charge in [-0.05, 0) is 40.0 Å². The number of hydrogen-bond donors (Lipinski definition) is 0. The molecular weight excluding hydrogens is 296 g/mol. The Balaban J connectivity index is 1.79. The third-order valence-electron chi connectivity index (χ3n) is 5.55. The lowest BCUT2D eigenvalue weighted by Gasteiger charge is -2.42. The van der Waals surface area contributed by atoms with E-state index in [-0.39, 0.29) is 41.4 Å². The van der Waals surface area contributed by atoms with E-state index in [1.807, 2.05) is 0 Å². The molecule has 0 radical (unpaired) electrons. The van der Waals surface area contributed by atoms with Crippen molar-refractivity contribution in [3.8, 4) is 0 Å². The summed E-state index contributed by atoms with van der Waals surface area (Å²) >= 11 is 0. The highest BCUT2D eigenvalue weighted by Crippen LogP contribution is 2.59. The lowest BCUT2D eigenvalue weighted by atomic mass is 9.68. The lowest BCUT2D eigenvalue weighted by molar-refractivity contribution is -0.169. The van der Waals surface area contributed by atoms with Crippen molar-refractivity contribution in [2.24, 2.45) is 5.92 Å². The lowest BCUT2D eigenvalue weighted by Crippen LogP contribution is -2.55. The number of epoxide rings is 2. The van der Waals surface area contributed by atoms with Crippen LogP contribution in [-0.4, -0.2) is 49.2 Å². The normalized spacial score (nSPS) is 44.7. The van der Waals surface area contributed by atoms with E-state index in [1.54, 1.807) is 7.11 Å². The molecule has 0 amide bonds. The molecule has 1 aliphatic carbocycles. The summed E-state index contributed by atoms with van der Waals surface area (Å²) in [5.41, 5.74) is 0.859. The molecule has 0 aromatic heterocycles. The van der Waals surface area contributed by atoms with Crippen molar-refractivity contribution in [1.82, 2.24) is 0 Å². The van der Waals surface area contributed by atoms with Gasteiger partial charge in [-0.25, -0.2) is 0 Å². The minimum Gasteiger partial charge on any atom is -0.460 e. The Morgan fingerprint density at radius 1 is 1.35 bits per heavy atom. The number of esters is 1. The van der Waals surface area contributed by atoms with E-state index in [0.717, 1.165) is 25.9 Å². The second kappa shape index (κ2) is 5.87. The Hall–Kier alpha value is -0.910. The molecule has 2 aliphatic heterocycles. The SMILES string of the molecule is CO[C@H]1[C@H](C2(C)O[C@H]2CC=C(C)C)[C@]2(CC[C@H]1OC(C)=O)CO2. The summed E-state index contributed by atoms with van der Waals surface area (Å²) in [6.07, 6.45) is 4.56. The van der Waals surface area contributed by atoms with Gasteiger partial charge < -0.3 is 18.9 Å². The maximum absolute atomic E-state index is 11.4. The molecule has 5 nitrogen and oxygen atoms in total. The van der Waals surface area contributed by atoms with Crippen molar-refractivity contribution in [1.29, 1.82) is 0 Å². The monoisotopic (exact) mass is 324 g/mol. The average Bonchev–Trinajstić information content (AvgIpc) is 3.37. The van der Waals surface area contributed by atoms with Gasteiger partial charge in [0.05, 0.1) is 18.6 Å². The van der Waals surface area contributed by atoms with E-state index in [9.17, 15) is 4.79 Å². The molecule has 130 valence electrons. The first-order valence-corrected chi connectivity index (χ1v) is 8.47. The molecule has 1 unspecified atom stereocenters. The van der Waals surface area contributed by atoms with Crippen LogP contribution in [0.4, 0.5) is 0 Å². The van der Waals surface area contributed by atoms with Crippen LogP contribution in [0.1, 0.15) is 47.0 Å². The van der Waals surface area contributed by atoms with Gasteiger partial charge in [0.15, 0.2) is 0 Å². The zero-order chi connectivity index (χ0) is 16.8. The highest BCUT2D eigenvalue weighted by molar-refractivity contribution is 5.66. The number of carbonyl (C=O) groups is 1. The van der Waals surface area contributed by atoms with E-state index in [0.29, 0.717) is 0 Å². The Kier molecular flexibility index (Phi) is 4.32. The minimum absolute atomic E-state index is 0.0914. The predicted molar refractivity (Wildman–Crippen MR) is 85.1 cm³/mol. The van der Waals surface area contributed by atoms with Crippen molar-refractivity contribution in [3.63, 3.8) is 0 Å². The van der Waals surface area contributed by atoms with Gasteiger partial charge in [-0.2, -0.15) is 0 Å². The summed E-state index contributed by atoms with van der Waals surface area (Å²) in [6.45, 7) is 8.54. The summed E-state index contributed by atoms with van der Waals surface area (Å²) in [6, 6.07) is 0. The molecule has 2 heterocycles. The first-order valence-electron chi connectivity index (χ1n) is 8.47. The van der Waals surface area contributed by atoms with Crippen LogP contribution in [0.15, 0.2) is 11.6 Å². The largest absolute Gasteiger partial charge is 0.460 e. The fourth-order valence-corrected chi connectivity index (χ4v) is 4.28. The molecular formula is C18H28O5. The van der Waals surface area contributed by atoms with Gasteiger partial charge in [0, 0.05) is 14.0 Å². The summed E-state index contributed by atoms with van der Waals surface area (Å²) in [5.74, 6) is -0.167. The maximum Gasteiger partial charge on any atom is 0.302 e. The number of methoxy groups -OCH3 is 1.